The van der Waals surface area contributed by atoms with Gasteiger partial charge in [-0.25, -0.2) is 14.8 Å². The van der Waals surface area contributed by atoms with Gasteiger partial charge in [0.05, 0.1) is 24.7 Å². The number of carbonyl (C=O) groups excluding carboxylic acids is 1. The summed E-state index contributed by atoms with van der Waals surface area (Å²) in [6, 6.07) is -0.0664. The Morgan fingerprint density at radius 2 is 2.26 bits per heavy atom. The van der Waals surface area contributed by atoms with Gasteiger partial charge in [-0.2, -0.15) is 0 Å². The number of rotatable bonds is 9. The van der Waals surface area contributed by atoms with E-state index in [1.165, 1.54) is 11.3 Å². The van der Waals surface area contributed by atoms with Crippen LogP contribution in [0, 0.1) is 6.92 Å². The van der Waals surface area contributed by atoms with Crippen LogP contribution in [-0.2, 0) is 11.3 Å². The summed E-state index contributed by atoms with van der Waals surface area (Å²) >= 11 is 1.36. The fourth-order valence-corrected chi connectivity index (χ4v) is 3.40. The van der Waals surface area contributed by atoms with E-state index in [1.54, 1.807) is 19.4 Å². The maximum Gasteiger partial charge on any atom is 0.350 e. The minimum absolute atomic E-state index is 0.0664. The molecule has 8 nitrogen and oxygen atoms in total. The Morgan fingerprint density at radius 1 is 1.44 bits per heavy atom. The molecule has 2 N–H and O–H groups in total. The Hall–Kier alpha value is -2.42. The summed E-state index contributed by atoms with van der Waals surface area (Å²) in [5.41, 5.74) is 0.698. The second kappa shape index (κ2) is 10.7. The number of carbonyl (C=O) groups is 1. The van der Waals surface area contributed by atoms with Gasteiger partial charge in [-0.1, -0.05) is 0 Å². The van der Waals surface area contributed by atoms with Gasteiger partial charge in [0.15, 0.2) is 5.96 Å². The van der Waals surface area contributed by atoms with Crippen molar-refractivity contribution in [3.05, 3.63) is 34.3 Å². The molecule has 1 unspecified atom stereocenters. The lowest BCUT2D eigenvalue weighted by atomic mass is 10.3. The monoisotopic (exact) mass is 392 g/mol. The molecule has 148 valence electrons. The summed E-state index contributed by atoms with van der Waals surface area (Å²) in [7, 11) is 0. The molecule has 2 aromatic rings. The smallest absolute Gasteiger partial charge is 0.350 e. The number of nitrogens with one attached hydrogen (secondary N) is 2. The molecule has 27 heavy (non-hydrogen) atoms. The number of ether oxygens (including phenoxy) is 1. The van der Waals surface area contributed by atoms with Crippen LogP contribution in [0.2, 0.25) is 0 Å². The van der Waals surface area contributed by atoms with E-state index in [-0.39, 0.29) is 12.0 Å². The van der Waals surface area contributed by atoms with E-state index < -0.39 is 0 Å². The van der Waals surface area contributed by atoms with Gasteiger partial charge < -0.3 is 19.9 Å². The number of aryl methyl sites for hydroxylation is 2. The van der Waals surface area contributed by atoms with E-state index in [2.05, 4.69) is 25.6 Å². The number of aromatic nitrogens is 3. The van der Waals surface area contributed by atoms with Crippen molar-refractivity contribution in [2.24, 2.45) is 4.99 Å². The lowest BCUT2D eigenvalue weighted by Crippen LogP contribution is -2.38. The van der Waals surface area contributed by atoms with Crippen molar-refractivity contribution >= 4 is 23.3 Å². The molecule has 0 saturated heterocycles. The number of hydrogen-bond donors (Lipinski definition) is 2. The van der Waals surface area contributed by atoms with Gasteiger partial charge in [0.25, 0.3) is 0 Å². The first kappa shape index (κ1) is 20.9. The van der Waals surface area contributed by atoms with Crippen molar-refractivity contribution in [2.45, 2.75) is 46.7 Å². The summed E-state index contributed by atoms with van der Waals surface area (Å²) in [5.74, 6) is 0.423. The standard InChI is InChI=1S/C18H28N6O2S/c1-5-20-18(21-8-7-10-24-11-9-19-12-24)23-14(4)16-22-13(3)15(27-16)17(25)26-6-2/h9,11-12,14H,5-8,10H2,1-4H3,(H2,20,21,23). The molecule has 2 rings (SSSR count). The molecule has 0 aliphatic carbocycles. The van der Waals surface area contributed by atoms with E-state index >= 15 is 0 Å². The molecule has 0 amide bonds. The predicted octanol–water partition coefficient (Wildman–Crippen LogP) is 2.53. The number of nitrogens with zero attached hydrogens (tertiary/aromatic N) is 4. The normalized spacial score (nSPS) is 12.7. The van der Waals surface area contributed by atoms with Crippen LogP contribution < -0.4 is 10.6 Å². The second-order valence-electron chi connectivity index (χ2n) is 5.97. The SMILES string of the molecule is CCNC(=NCCCn1ccnc1)NC(C)c1nc(C)c(C(=O)OCC)s1. The molecule has 0 fully saturated rings. The van der Waals surface area contributed by atoms with Crippen molar-refractivity contribution in [1.82, 2.24) is 25.2 Å². The highest BCUT2D eigenvalue weighted by Crippen LogP contribution is 2.24. The van der Waals surface area contributed by atoms with Gasteiger partial charge in [0.1, 0.15) is 9.88 Å². The average molecular weight is 393 g/mol. The van der Waals surface area contributed by atoms with Crippen LogP contribution in [0.5, 0.6) is 0 Å². The summed E-state index contributed by atoms with van der Waals surface area (Å²) in [6.45, 7) is 10.4. The summed E-state index contributed by atoms with van der Waals surface area (Å²) in [5, 5.41) is 7.43. The largest absolute Gasteiger partial charge is 0.462 e. The van der Waals surface area contributed by atoms with Crippen LogP contribution in [0.4, 0.5) is 0 Å². The highest BCUT2D eigenvalue weighted by molar-refractivity contribution is 7.13. The maximum atomic E-state index is 12.0. The first-order valence-electron chi connectivity index (χ1n) is 9.20. The van der Waals surface area contributed by atoms with E-state index in [1.807, 2.05) is 31.5 Å². The predicted molar refractivity (Wildman–Crippen MR) is 107 cm³/mol. The molecule has 0 aromatic carbocycles. The number of aliphatic imine (C=N–C) groups is 1. The Bertz CT molecular complexity index is 741. The molecule has 0 aliphatic heterocycles. The lowest BCUT2D eigenvalue weighted by molar-refractivity contribution is 0.0531. The first-order chi connectivity index (χ1) is 13.0. The van der Waals surface area contributed by atoms with Gasteiger partial charge >= 0.3 is 5.97 Å². The Kier molecular flexibility index (Phi) is 8.25. The quantitative estimate of drug-likeness (QED) is 0.295. The Labute approximate surface area is 164 Å². The van der Waals surface area contributed by atoms with Crippen molar-refractivity contribution in [3.63, 3.8) is 0 Å². The molecule has 1 atom stereocenters. The number of hydrogen-bond acceptors (Lipinski definition) is 6. The lowest BCUT2D eigenvalue weighted by Gasteiger charge is -2.16. The zero-order valence-corrected chi connectivity index (χ0v) is 17.2. The first-order valence-corrected chi connectivity index (χ1v) is 10.0. The summed E-state index contributed by atoms with van der Waals surface area (Å²) in [6.07, 6.45) is 6.45. The van der Waals surface area contributed by atoms with Crippen LogP contribution in [0.15, 0.2) is 23.7 Å². The number of imidazole rings is 1. The maximum absolute atomic E-state index is 12.0. The molecule has 0 radical (unpaired) electrons. The molecular weight excluding hydrogens is 364 g/mol. The van der Waals surface area contributed by atoms with Crippen molar-refractivity contribution in [3.8, 4) is 0 Å². The van der Waals surface area contributed by atoms with E-state index in [4.69, 9.17) is 4.74 Å². The molecule has 0 bridgehead atoms. The summed E-state index contributed by atoms with van der Waals surface area (Å²) < 4.78 is 7.12. The van der Waals surface area contributed by atoms with Crippen LogP contribution in [0.25, 0.3) is 0 Å². The number of esters is 1. The average Bonchev–Trinajstić information content (AvgIpc) is 3.28. The van der Waals surface area contributed by atoms with Gasteiger partial charge in [-0.05, 0) is 34.1 Å². The number of thiazole rings is 1. The zero-order valence-electron chi connectivity index (χ0n) is 16.4. The third-order valence-corrected chi connectivity index (χ3v) is 5.07. The van der Waals surface area contributed by atoms with Crippen LogP contribution >= 0.6 is 11.3 Å². The van der Waals surface area contributed by atoms with E-state index in [0.29, 0.717) is 23.7 Å². The highest BCUT2D eigenvalue weighted by atomic mass is 32.1. The minimum Gasteiger partial charge on any atom is -0.462 e. The zero-order chi connectivity index (χ0) is 19.6. The van der Waals surface area contributed by atoms with Gasteiger partial charge in [0.2, 0.25) is 0 Å². The van der Waals surface area contributed by atoms with E-state index in [0.717, 1.165) is 30.5 Å². The Morgan fingerprint density at radius 3 is 2.93 bits per heavy atom. The molecule has 2 heterocycles. The fourth-order valence-electron chi connectivity index (χ4n) is 2.44. The topological polar surface area (TPSA) is 93.4 Å². The van der Waals surface area contributed by atoms with Gasteiger partial charge in [-0.15, -0.1) is 11.3 Å². The molecule has 0 aliphatic rings. The third-order valence-electron chi connectivity index (χ3n) is 3.75. The molecule has 9 heteroatoms. The van der Waals surface area contributed by atoms with Crippen LogP contribution in [0.1, 0.15) is 53.6 Å². The molecule has 2 aromatic heterocycles. The van der Waals surface area contributed by atoms with Crippen LogP contribution in [0.3, 0.4) is 0 Å². The molecule has 0 saturated carbocycles. The molecule has 0 spiro atoms. The van der Waals surface area contributed by atoms with Gasteiger partial charge in [0, 0.05) is 32.0 Å². The fraction of sp³-hybridized carbons (Fsp3) is 0.556. The third kappa shape index (κ3) is 6.35. The number of guanidine groups is 1. The highest BCUT2D eigenvalue weighted by Gasteiger charge is 2.20. The summed E-state index contributed by atoms with van der Waals surface area (Å²) in [4.78, 5) is 25.7. The van der Waals surface area contributed by atoms with Crippen molar-refractivity contribution in [2.75, 3.05) is 19.7 Å². The van der Waals surface area contributed by atoms with E-state index in [9.17, 15) is 4.79 Å². The van der Waals surface area contributed by atoms with Crippen LogP contribution in [-0.4, -0.2) is 46.2 Å². The van der Waals surface area contributed by atoms with Gasteiger partial charge in [-0.3, -0.25) is 4.99 Å². The second-order valence-corrected chi connectivity index (χ2v) is 7.00. The van der Waals surface area contributed by atoms with Crippen molar-refractivity contribution in [1.29, 1.82) is 0 Å². The molecular formula is C18H28N6O2S. The minimum atomic E-state index is -0.314. The van der Waals surface area contributed by atoms with Crippen molar-refractivity contribution < 1.29 is 9.53 Å². The Balaban J connectivity index is 1.95.